The zero-order valence-corrected chi connectivity index (χ0v) is 10.6. The number of aromatic nitrogens is 2. The van der Waals surface area contributed by atoms with Gasteiger partial charge in [-0.1, -0.05) is 12.1 Å². The van der Waals surface area contributed by atoms with Crippen LogP contribution in [0.3, 0.4) is 0 Å². The van der Waals surface area contributed by atoms with Crippen LogP contribution in [0.5, 0.6) is 0 Å². The van der Waals surface area contributed by atoms with Gasteiger partial charge in [-0.15, -0.1) is 6.54 Å². The van der Waals surface area contributed by atoms with Gasteiger partial charge in [0.25, 0.3) is 0 Å². The van der Waals surface area contributed by atoms with Crippen LogP contribution in [0.1, 0.15) is 11.3 Å². The minimum Gasteiger partial charge on any atom is -0.672 e. The summed E-state index contributed by atoms with van der Waals surface area (Å²) < 4.78 is 37.5. The van der Waals surface area contributed by atoms with E-state index in [1.807, 2.05) is 0 Å². The van der Waals surface area contributed by atoms with Crippen LogP contribution in [0.15, 0.2) is 30.3 Å². The summed E-state index contributed by atoms with van der Waals surface area (Å²) in [6.45, 7) is -0.0230. The molecule has 0 fully saturated rings. The van der Waals surface area contributed by atoms with Crippen molar-refractivity contribution in [3.63, 3.8) is 0 Å². The summed E-state index contributed by atoms with van der Waals surface area (Å²) in [4.78, 5) is 8.24. The average Bonchev–Trinajstić information content (AvgIpc) is 2.46. The lowest BCUT2D eigenvalue weighted by Gasteiger charge is -2.10. The number of nitrogens with zero attached hydrogens (tertiary/aromatic N) is 2. The summed E-state index contributed by atoms with van der Waals surface area (Å²) >= 11 is 0. The number of rotatable bonds is 3. The molecule has 4 nitrogen and oxygen atoms in total. The number of hydrogen-bond acceptors (Lipinski definition) is 3. The second-order valence-electron chi connectivity index (χ2n) is 4.07. The van der Waals surface area contributed by atoms with Crippen LogP contribution in [0.2, 0.25) is 0 Å². The lowest BCUT2D eigenvalue weighted by atomic mass is 10.1. The topological polar surface area (TPSA) is 61.6 Å². The van der Waals surface area contributed by atoms with Crippen molar-refractivity contribution < 1.29 is 13.2 Å². The zero-order valence-electron chi connectivity index (χ0n) is 10.6. The van der Waals surface area contributed by atoms with Gasteiger partial charge in [-0.3, -0.25) is 0 Å². The van der Waals surface area contributed by atoms with Crippen LogP contribution in [0.25, 0.3) is 17.0 Å². The van der Waals surface area contributed by atoms with E-state index in [4.69, 9.17) is 5.73 Å². The first kappa shape index (κ1) is 14.3. The van der Waals surface area contributed by atoms with Crippen LogP contribution in [-0.2, 0) is 12.7 Å². The van der Waals surface area contributed by atoms with Gasteiger partial charge in [-0.25, -0.2) is 9.97 Å². The zero-order chi connectivity index (χ0) is 14.8. The maximum absolute atomic E-state index is 12.5. The fourth-order valence-electron chi connectivity index (χ4n) is 1.68. The van der Waals surface area contributed by atoms with Crippen molar-refractivity contribution in [2.45, 2.75) is 12.7 Å². The van der Waals surface area contributed by atoms with E-state index in [9.17, 15) is 13.2 Å². The Labute approximate surface area is 113 Å². The van der Waals surface area contributed by atoms with Crippen LogP contribution < -0.4 is 5.32 Å². The monoisotopic (exact) mass is 281 g/mol. The van der Waals surface area contributed by atoms with Crippen LogP contribution >= 0.6 is 0 Å². The fraction of sp³-hybridized carbons (Fsp3) is 0.231. The number of nitrogens with one attached hydrogen (secondary N) is 2. The van der Waals surface area contributed by atoms with Crippen LogP contribution in [-0.4, -0.2) is 17.0 Å². The van der Waals surface area contributed by atoms with Gasteiger partial charge in [-0.2, -0.15) is 13.2 Å². The van der Waals surface area contributed by atoms with Gasteiger partial charge < -0.3 is 11.1 Å². The quantitative estimate of drug-likeness (QED) is 0.931. The molecule has 1 heterocycles. The number of hydrogen-bond donors (Lipinski definition) is 1. The van der Waals surface area contributed by atoms with E-state index < -0.39 is 11.7 Å². The molecule has 1 aromatic carbocycles. The van der Waals surface area contributed by atoms with Gasteiger partial charge in [0.1, 0.15) is 0 Å². The summed E-state index contributed by atoms with van der Waals surface area (Å²) in [5.74, 6) is 0.338. The van der Waals surface area contributed by atoms with Crippen molar-refractivity contribution in [3.05, 3.63) is 47.3 Å². The van der Waals surface area contributed by atoms with Gasteiger partial charge in [-0.05, 0) is 18.2 Å². The second kappa shape index (κ2) is 5.46. The number of alkyl halides is 3. The fourth-order valence-corrected chi connectivity index (χ4v) is 1.68. The first-order chi connectivity index (χ1) is 9.44. The molecule has 106 valence electrons. The highest BCUT2D eigenvalue weighted by Crippen LogP contribution is 2.30. The molecule has 0 saturated carbocycles. The van der Waals surface area contributed by atoms with Crippen molar-refractivity contribution in [1.82, 2.24) is 9.97 Å². The SMILES string of the molecule is CNc1nc(C[NH-])cc(-c2ccc(C(F)(F)F)cc2)n1. The van der Waals surface area contributed by atoms with Gasteiger partial charge >= 0.3 is 6.18 Å². The summed E-state index contributed by atoms with van der Waals surface area (Å²) in [6.07, 6.45) is -4.35. The minimum absolute atomic E-state index is 0.0230. The standard InChI is InChI=1S/C13H12F3N4/c1-18-12-19-10(7-17)6-11(20-12)8-2-4-9(5-3-8)13(14,15)16/h2-6,17H,7H2,1H3,(H,18,19,20)/q-1. The maximum Gasteiger partial charge on any atom is 0.416 e. The number of anilines is 1. The molecule has 2 rings (SSSR count). The molecular weight excluding hydrogens is 269 g/mol. The molecule has 0 unspecified atom stereocenters. The normalized spacial score (nSPS) is 11.4. The lowest BCUT2D eigenvalue weighted by molar-refractivity contribution is -0.137. The van der Waals surface area contributed by atoms with Crippen molar-refractivity contribution >= 4 is 5.95 Å². The molecule has 0 aliphatic carbocycles. The largest absolute Gasteiger partial charge is 0.672 e. The van der Waals surface area contributed by atoms with Gasteiger partial charge in [0, 0.05) is 18.3 Å². The van der Waals surface area contributed by atoms with E-state index >= 15 is 0 Å². The molecule has 7 heteroatoms. The Morgan fingerprint density at radius 1 is 1.15 bits per heavy atom. The molecule has 0 amide bonds. The average molecular weight is 281 g/mol. The molecular formula is C13H12F3N4-. The molecule has 0 saturated heterocycles. The molecule has 0 spiro atoms. The van der Waals surface area contributed by atoms with E-state index in [0.29, 0.717) is 22.9 Å². The molecule has 20 heavy (non-hydrogen) atoms. The highest BCUT2D eigenvalue weighted by molar-refractivity contribution is 5.61. The Balaban J connectivity index is 2.41. The predicted octanol–water partition coefficient (Wildman–Crippen LogP) is 3.76. The summed E-state index contributed by atoms with van der Waals surface area (Å²) in [5.41, 5.74) is 8.15. The number of benzene rings is 1. The Bertz CT molecular complexity index is 571. The molecule has 0 radical (unpaired) electrons. The van der Waals surface area contributed by atoms with E-state index in [0.717, 1.165) is 12.1 Å². The van der Waals surface area contributed by atoms with Gasteiger partial charge in [0.05, 0.1) is 11.3 Å². The summed E-state index contributed by atoms with van der Waals surface area (Å²) in [6, 6.07) is 6.33. The number of halogens is 3. The minimum atomic E-state index is -4.35. The molecule has 1 aromatic heterocycles. The maximum atomic E-state index is 12.5. The van der Waals surface area contributed by atoms with E-state index in [1.54, 1.807) is 13.1 Å². The molecule has 0 aliphatic rings. The predicted molar refractivity (Wildman–Crippen MR) is 70.0 cm³/mol. The summed E-state index contributed by atoms with van der Waals surface area (Å²) in [5, 5.41) is 2.76. The van der Waals surface area contributed by atoms with Crippen molar-refractivity contribution in [2.75, 3.05) is 12.4 Å². The first-order valence-electron chi connectivity index (χ1n) is 5.82. The molecule has 0 atom stereocenters. The van der Waals surface area contributed by atoms with Gasteiger partial charge in [0.2, 0.25) is 5.95 Å². The smallest absolute Gasteiger partial charge is 0.416 e. The molecule has 2 aromatic rings. The third kappa shape index (κ3) is 3.05. The highest BCUT2D eigenvalue weighted by Gasteiger charge is 2.30. The molecule has 0 bridgehead atoms. The highest BCUT2D eigenvalue weighted by atomic mass is 19.4. The van der Waals surface area contributed by atoms with E-state index in [-0.39, 0.29) is 6.54 Å². The second-order valence-corrected chi connectivity index (χ2v) is 4.07. The van der Waals surface area contributed by atoms with E-state index in [2.05, 4.69) is 15.3 Å². The first-order valence-corrected chi connectivity index (χ1v) is 5.82. The van der Waals surface area contributed by atoms with Crippen molar-refractivity contribution in [3.8, 4) is 11.3 Å². The lowest BCUT2D eigenvalue weighted by Crippen LogP contribution is -2.04. The van der Waals surface area contributed by atoms with Crippen LogP contribution in [0, 0.1) is 0 Å². The third-order valence-corrected chi connectivity index (χ3v) is 2.69. The van der Waals surface area contributed by atoms with E-state index in [1.165, 1.54) is 12.1 Å². The Morgan fingerprint density at radius 3 is 2.30 bits per heavy atom. The Kier molecular flexibility index (Phi) is 3.89. The molecule has 0 aliphatic heterocycles. The Morgan fingerprint density at radius 2 is 1.80 bits per heavy atom. The van der Waals surface area contributed by atoms with Gasteiger partial charge in [0.15, 0.2) is 0 Å². The molecule has 2 N–H and O–H groups in total. The third-order valence-electron chi connectivity index (χ3n) is 2.69. The van der Waals surface area contributed by atoms with Crippen molar-refractivity contribution in [1.29, 1.82) is 0 Å². The van der Waals surface area contributed by atoms with Crippen LogP contribution in [0.4, 0.5) is 19.1 Å². The van der Waals surface area contributed by atoms with Crippen molar-refractivity contribution in [2.24, 2.45) is 0 Å². The Hall–Kier alpha value is -2.15. The summed E-state index contributed by atoms with van der Waals surface area (Å²) in [7, 11) is 1.64.